The number of pyridine rings is 1. The van der Waals surface area contributed by atoms with Crippen molar-refractivity contribution in [3.8, 4) is 0 Å². The minimum atomic E-state index is -1.50. The van der Waals surface area contributed by atoms with Crippen molar-refractivity contribution in [2.75, 3.05) is 0 Å². The first-order valence-corrected chi connectivity index (χ1v) is 20.2. The van der Waals surface area contributed by atoms with Gasteiger partial charge in [-0.25, -0.2) is 4.98 Å². The zero-order valence-corrected chi connectivity index (χ0v) is 32.2. The standard InChI is InChI=1S/C24H20N3Si.C15H28O2.Ir/c1-14-9-17-16-7-5-6-8-20(16)27-21-12-15(28(2,3)4)11-19-22(21)23(26-13-25-19)18(10-14)24(17)27;1-6-12(7-2)13(16)11-14(17)15(8-3,9-4)10-5;/h5-9,11-13H,1-4H3;11-12,16H,6-10H2,1-5H3;/q-1;;/b;13-11-;. The van der Waals surface area contributed by atoms with E-state index in [1.54, 1.807) is 6.33 Å². The minimum absolute atomic E-state index is 0. The molecule has 0 aliphatic heterocycles. The zero-order valence-electron chi connectivity index (χ0n) is 28.8. The van der Waals surface area contributed by atoms with Gasteiger partial charge >= 0.3 is 0 Å². The first-order chi connectivity index (χ1) is 21.4. The summed E-state index contributed by atoms with van der Waals surface area (Å²) in [7, 11) is -1.50. The van der Waals surface area contributed by atoms with E-state index in [-0.39, 0.29) is 43.0 Å². The predicted octanol–water partition coefficient (Wildman–Crippen LogP) is 10.1. The van der Waals surface area contributed by atoms with Gasteiger partial charge in [-0.1, -0.05) is 95.3 Å². The summed E-state index contributed by atoms with van der Waals surface area (Å²) in [4.78, 5) is 21.7. The van der Waals surface area contributed by atoms with Crippen molar-refractivity contribution in [3.05, 3.63) is 72.3 Å². The molecule has 0 atom stereocenters. The second kappa shape index (κ2) is 13.9. The van der Waals surface area contributed by atoms with Crippen molar-refractivity contribution in [3.63, 3.8) is 0 Å². The van der Waals surface area contributed by atoms with E-state index >= 15 is 0 Å². The molecule has 0 aliphatic rings. The van der Waals surface area contributed by atoms with E-state index in [2.05, 4.69) is 84.5 Å². The van der Waals surface area contributed by atoms with Crippen molar-refractivity contribution in [1.82, 2.24) is 14.4 Å². The molecule has 0 fully saturated rings. The first-order valence-electron chi connectivity index (χ1n) is 16.7. The number of nitrogens with zero attached hydrogens (tertiary/aromatic N) is 3. The van der Waals surface area contributed by atoms with E-state index < -0.39 is 8.07 Å². The smallest absolute Gasteiger partial charge is 0.165 e. The SMILES string of the molecule is CCC(CC)/C(O)=C/C(=O)C(CC)(CC)CC.Cc1[c-]c2c3ncnc4cc([Si](C)(C)C)cc(c43)n3c4ccccc4c(c1)c23.[Ir]. The molecule has 1 radical (unpaired) electrons. The van der Waals surface area contributed by atoms with E-state index in [0.717, 1.165) is 59.5 Å². The van der Waals surface area contributed by atoms with E-state index in [1.165, 1.54) is 38.6 Å². The number of hydrogen-bond acceptors (Lipinski definition) is 4. The molecule has 0 bridgehead atoms. The van der Waals surface area contributed by atoms with Crippen molar-refractivity contribution in [2.45, 2.75) is 93.3 Å². The number of aliphatic hydroxyl groups is 1. The molecular formula is C39H48IrN3O2Si-. The summed E-state index contributed by atoms with van der Waals surface area (Å²) in [6.45, 7) is 19.5. The summed E-state index contributed by atoms with van der Waals surface area (Å²) in [5, 5.41) is 16.2. The second-order valence-electron chi connectivity index (χ2n) is 13.6. The van der Waals surface area contributed by atoms with E-state index in [0.29, 0.717) is 0 Å². The fourth-order valence-corrected chi connectivity index (χ4v) is 8.08. The number of fused-ring (bicyclic) bond motifs is 5. The van der Waals surface area contributed by atoms with Crippen molar-refractivity contribution < 1.29 is 30.0 Å². The Hall–Kier alpha value is -3.12. The van der Waals surface area contributed by atoms with Crippen molar-refractivity contribution >= 4 is 68.2 Å². The summed E-state index contributed by atoms with van der Waals surface area (Å²) >= 11 is 0. The van der Waals surface area contributed by atoms with Crippen LogP contribution < -0.4 is 5.19 Å². The Kier molecular flexibility index (Phi) is 10.8. The van der Waals surface area contributed by atoms with Crippen LogP contribution in [0.25, 0.3) is 49.1 Å². The van der Waals surface area contributed by atoms with Crippen molar-refractivity contribution in [1.29, 1.82) is 0 Å². The van der Waals surface area contributed by atoms with Crippen LogP contribution in [-0.2, 0) is 24.9 Å². The van der Waals surface area contributed by atoms with Crippen LogP contribution >= 0.6 is 0 Å². The van der Waals surface area contributed by atoms with Gasteiger partial charge in [0.25, 0.3) is 0 Å². The molecule has 0 saturated carbocycles. The van der Waals surface area contributed by atoms with Crippen LogP contribution in [0.2, 0.25) is 19.6 Å². The van der Waals surface area contributed by atoms with Gasteiger partial charge in [-0.05, 0) is 61.2 Å². The van der Waals surface area contributed by atoms with Crippen LogP contribution in [0.5, 0.6) is 0 Å². The molecule has 3 aromatic carbocycles. The van der Waals surface area contributed by atoms with Crippen molar-refractivity contribution in [2.24, 2.45) is 11.3 Å². The predicted molar refractivity (Wildman–Crippen MR) is 194 cm³/mol. The molecule has 6 aromatic rings. The average Bonchev–Trinajstić information content (AvgIpc) is 3.35. The maximum atomic E-state index is 12.3. The number of ketones is 1. The summed E-state index contributed by atoms with van der Waals surface area (Å²) < 4.78 is 2.41. The number of hydrogen-bond donors (Lipinski definition) is 1. The van der Waals surface area contributed by atoms with Gasteiger partial charge in [-0.2, -0.15) is 0 Å². The number of aromatic nitrogens is 3. The molecule has 245 valence electrons. The Balaban J connectivity index is 0.000000234. The number of aliphatic hydroxyl groups excluding tert-OH is 1. The molecule has 5 nitrogen and oxygen atoms in total. The largest absolute Gasteiger partial charge is 0.512 e. The fraction of sp³-hybridized carbons (Fsp3) is 0.410. The number of carbonyl (C=O) groups is 1. The Morgan fingerprint density at radius 2 is 1.61 bits per heavy atom. The molecule has 0 amide bonds. The van der Waals surface area contributed by atoms with E-state index in [9.17, 15) is 9.90 Å². The van der Waals surface area contributed by atoms with Crippen LogP contribution in [0.3, 0.4) is 0 Å². The molecule has 6 rings (SSSR count). The third-order valence-electron chi connectivity index (χ3n) is 10.1. The Morgan fingerprint density at radius 1 is 0.957 bits per heavy atom. The van der Waals surface area contributed by atoms with Gasteiger partial charge < -0.3 is 9.51 Å². The van der Waals surface area contributed by atoms with Gasteiger partial charge in [0.15, 0.2) is 5.78 Å². The molecule has 46 heavy (non-hydrogen) atoms. The number of benzene rings is 3. The fourth-order valence-electron chi connectivity index (χ4n) is 6.94. The molecule has 0 aliphatic carbocycles. The summed E-state index contributed by atoms with van der Waals surface area (Å²) in [5.74, 6) is 0.483. The van der Waals surface area contributed by atoms with Gasteiger partial charge in [0, 0.05) is 59.5 Å². The maximum absolute atomic E-state index is 12.3. The minimum Gasteiger partial charge on any atom is -0.512 e. The number of allylic oxidation sites excluding steroid dienone is 2. The van der Waals surface area contributed by atoms with Crippen LogP contribution in [0.1, 0.15) is 72.3 Å². The van der Waals surface area contributed by atoms with Gasteiger partial charge in [0.05, 0.1) is 19.3 Å². The maximum Gasteiger partial charge on any atom is 0.165 e. The third-order valence-corrected chi connectivity index (χ3v) is 12.2. The molecule has 1 N–H and O–H groups in total. The quantitative estimate of drug-likeness (QED) is 0.0395. The van der Waals surface area contributed by atoms with Gasteiger partial charge in [-0.3, -0.25) is 9.78 Å². The van der Waals surface area contributed by atoms with Gasteiger partial charge in [-0.15, -0.1) is 17.7 Å². The molecule has 7 heteroatoms. The third kappa shape index (κ3) is 6.14. The monoisotopic (exact) mass is 811 g/mol. The van der Waals surface area contributed by atoms with Crippen LogP contribution in [0.15, 0.2) is 60.6 Å². The number of rotatable bonds is 9. The summed E-state index contributed by atoms with van der Waals surface area (Å²) in [6.07, 6.45) is 7.46. The molecule has 0 saturated heterocycles. The molecule has 0 spiro atoms. The first kappa shape index (κ1) is 35.7. The normalized spacial score (nSPS) is 12.8. The number of carbonyl (C=O) groups excluding carboxylic acids is 1. The van der Waals surface area contributed by atoms with Gasteiger partial charge in [0.1, 0.15) is 6.33 Å². The number of aryl methyl sites for hydroxylation is 1. The van der Waals surface area contributed by atoms with Crippen LogP contribution in [-0.4, -0.2) is 33.3 Å². The summed E-state index contributed by atoms with van der Waals surface area (Å²) in [5.41, 5.74) is 6.56. The Morgan fingerprint density at radius 3 is 2.22 bits per heavy atom. The average molecular weight is 811 g/mol. The molecular weight excluding hydrogens is 763 g/mol. The van der Waals surface area contributed by atoms with E-state index in [1.807, 2.05) is 34.6 Å². The van der Waals surface area contributed by atoms with E-state index in [4.69, 9.17) is 4.98 Å². The molecule has 0 unspecified atom stereocenters. The molecule has 3 aromatic heterocycles. The topological polar surface area (TPSA) is 67.5 Å². The van der Waals surface area contributed by atoms with Crippen LogP contribution in [0, 0.1) is 24.3 Å². The Labute approximate surface area is 288 Å². The second-order valence-corrected chi connectivity index (χ2v) is 18.7. The summed E-state index contributed by atoms with van der Waals surface area (Å²) in [6, 6.07) is 19.2. The Bertz CT molecular complexity index is 2020. The van der Waals surface area contributed by atoms with Crippen LogP contribution in [0.4, 0.5) is 0 Å². The zero-order chi connectivity index (χ0) is 32.7. The number of para-hydroxylation sites is 1. The molecule has 3 heterocycles. The van der Waals surface area contributed by atoms with Gasteiger partial charge in [0.2, 0.25) is 0 Å².